The van der Waals surface area contributed by atoms with Crippen molar-refractivity contribution in [1.29, 1.82) is 0 Å². The molecule has 170 valence electrons. The third-order valence-electron chi connectivity index (χ3n) is 4.51. The Bertz CT molecular complexity index is 1130. The van der Waals surface area contributed by atoms with Gasteiger partial charge in [0.05, 0.1) is 6.20 Å². The van der Waals surface area contributed by atoms with Crippen molar-refractivity contribution in [3.8, 4) is 5.75 Å². The lowest BCUT2D eigenvalue weighted by atomic mass is 10.1. The van der Waals surface area contributed by atoms with Crippen molar-refractivity contribution >= 4 is 29.2 Å². The van der Waals surface area contributed by atoms with E-state index in [1.807, 2.05) is 25.1 Å². The molecule has 0 saturated carbocycles. The molecule has 3 aromatic rings. The molecule has 0 aliphatic carbocycles. The van der Waals surface area contributed by atoms with E-state index in [0.717, 1.165) is 11.3 Å². The van der Waals surface area contributed by atoms with Crippen molar-refractivity contribution in [2.75, 3.05) is 17.2 Å². The zero-order valence-corrected chi connectivity index (χ0v) is 18.1. The molecular weight excluding hydrogens is 422 g/mol. The number of ether oxygens (including phenoxy) is 1. The normalized spacial score (nSPS) is 10.2. The number of hydrogen-bond donors (Lipinski definition) is 4. The largest absolute Gasteiger partial charge is 0.487 e. The molecule has 9 nitrogen and oxygen atoms in total. The first-order valence-electron chi connectivity index (χ1n) is 10.3. The van der Waals surface area contributed by atoms with Crippen LogP contribution in [0.3, 0.4) is 0 Å². The van der Waals surface area contributed by atoms with E-state index in [9.17, 15) is 14.4 Å². The van der Waals surface area contributed by atoms with E-state index >= 15 is 0 Å². The summed E-state index contributed by atoms with van der Waals surface area (Å²) < 4.78 is 5.73. The van der Waals surface area contributed by atoms with E-state index in [0.29, 0.717) is 29.3 Å². The predicted octanol–water partition coefficient (Wildman–Crippen LogP) is 3.22. The number of amides is 4. The molecule has 0 radical (unpaired) electrons. The van der Waals surface area contributed by atoms with Gasteiger partial charge in [-0.25, -0.2) is 4.79 Å². The SMILES string of the molecule is Cc1ccc(OCc2cccc(C(=O)Nc3cccc(NC(=O)NCCC(N)=O)c3)c2)cn1. The number of pyridine rings is 1. The molecule has 0 unspecified atom stereocenters. The van der Waals surface area contributed by atoms with Crippen LogP contribution in [0.5, 0.6) is 5.75 Å². The van der Waals surface area contributed by atoms with Crippen LogP contribution in [0.4, 0.5) is 16.2 Å². The zero-order valence-electron chi connectivity index (χ0n) is 18.1. The monoisotopic (exact) mass is 447 g/mol. The van der Waals surface area contributed by atoms with Crippen molar-refractivity contribution < 1.29 is 19.1 Å². The van der Waals surface area contributed by atoms with Gasteiger partial charge in [0, 0.05) is 35.6 Å². The van der Waals surface area contributed by atoms with E-state index in [1.54, 1.807) is 48.7 Å². The fourth-order valence-corrected chi connectivity index (χ4v) is 2.86. The maximum absolute atomic E-state index is 12.7. The second kappa shape index (κ2) is 11.3. The van der Waals surface area contributed by atoms with Gasteiger partial charge in [0.1, 0.15) is 12.4 Å². The van der Waals surface area contributed by atoms with Crippen LogP contribution >= 0.6 is 0 Å². The molecule has 0 spiro atoms. The lowest BCUT2D eigenvalue weighted by molar-refractivity contribution is -0.117. The maximum atomic E-state index is 12.7. The average molecular weight is 447 g/mol. The van der Waals surface area contributed by atoms with Gasteiger partial charge in [-0.05, 0) is 55.0 Å². The Hall–Kier alpha value is -4.40. The number of anilines is 2. The fraction of sp³-hybridized carbons (Fsp3) is 0.167. The van der Waals surface area contributed by atoms with Gasteiger partial charge in [-0.2, -0.15) is 0 Å². The Morgan fingerprint density at radius 2 is 1.73 bits per heavy atom. The van der Waals surface area contributed by atoms with Crippen molar-refractivity contribution in [1.82, 2.24) is 10.3 Å². The molecule has 4 amide bonds. The van der Waals surface area contributed by atoms with Crippen molar-refractivity contribution in [3.63, 3.8) is 0 Å². The molecule has 0 aliphatic heterocycles. The molecule has 2 aromatic carbocycles. The topological polar surface area (TPSA) is 135 Å². The van der Waals surface area contributed by atoms with Crippen LogP contribution in [0.2, 0.25) is 0 Å². The molecule has 0 fully saturated rings. The third kappa shape index (κ3) is 7.66. The number of urea groups is 1. The minimum atomic E-state index is -0.497. The van der Waals surface area contributed by atoms with E-state index in [1.165, 1.54) is 0 Å². The summed E-state index contributed by atoms with van der Waals surface area (Å²) in [6, 6.07) is 17.1. The van der Waals surface area contributed by atoms with Gasteiger partial charge in [0.15, 0.2) is 0 Å². The number of nitrogens with two attached hydrogens (primary N) is 1. The first-order valence-corrected chi connectivity index (χ1v) is 10.3. The van der Waals surface area contributed by atoms with Crippen molar-refractivity contribution in [2.24, 2.45) is 5.73 Å². The lowest BCUT2D eigenvalue weighted by Crippen LogP contribution is -2.31. The summed E-state index contributed by atoms with van der Waals surface area (Å²) >= 11 is 0. The molecule has 33 heavy (non-hydrogen) atoms. The maximum Gasteiger partial charge on any atom is 0.319 e. The fourth-order valence-electron chi connectivity index (χ4n) is 2.86. The highest BCUT2D eigenvalue weighted by molar-refractivity contribution is 6.04. The molecule has 5 N–H and O–H groups in total. The van der Waals surface area contributed by atoms with Crippen LogP contribution < -0.4 is 26.4 Å². The number of primary amides is 1. The van der Waals surface area contributed by atoms with Crippen LogP contribution in [0.15, 0.2) is 66.9 Å². The number of aromatic nitrogens is 1. The van der Waals surface area contributed by atoms with Crippen molar-refractivity contribution in [2.45, 2.75) is 20.0 Å². The smallest absolute Gasteiger partial charge is 0.319 e. The number of aryl methyl sites for hydroxylation is 1. The van der Waals surface area contributed by atoms with Crippen LogP contribution in [0, 0.1) is 6.92 Å². The second-order valence-electron chi connectivity index (χ2n) is 7.26. The summed E-state index contributed by atoms with van der Waals surface area (Å²) in [6.45, 7) is 2.34. The van der Waals surface area contributed by atoms with E-state index in [4.69, 9.17) is 10.5 Å². The molecule has 1 heterocycles. The van der Waals surface area contributed by atoms with Gasteiger partial charge < -0.3 is 26.4 Å². The summed E-state index contributed by atoms with van der Waals surface area (Å²) in [5.74, 6) is -0.141. The number of rotatable bonds is 9. The number of benzene rings is 2. The van der Waals surface area contributed by atoms with Crippen LogP contribution in [-0.4, -0.2) is 29.4 Å². The average Bonchev–Trinajstić information content (AvgIpc) is 2.79. The summed E-state index contributed by atoms with van der Waals surface area (Å²) in [5.41, 5.74) is 8.26. The Morgan fingerprint density at radius 1 is 0.970 bits per heavy atom. The summed E-state index contributed by atoms with van der Waals surface area (Å²) in [5, 5.41) is 7.98. The van der Waals surface area contributed by atoms with Crippen LogP contribution in [0.25, 0.3) is 0 Å². The Balaban J connectivity index is 1.56. The van der Waals surface area contributed by atoms with E-state index in [-0.39, 0.29) is 18.9 Å². The van der Waals surface area contributed by atoms with E-state index in [2.05, 4.69) is 20.9 Å². The minimum absolute atomic E-state index is 0.0511. The van der Waals surface area contributed by atoms with Gasteiger partial charge in [-0.15, -0.1) is 0 Å². The molecular formula is C24H25N5O4. The molecule has 1 aromatic heterocycles. The van der Waals surface area contributed by atoms with Gasteiger partial charge in [0.2, 0.25) is 5.91 Å². The summed E-state index contributed by atoms with van der Waals surface area (Å²) in [6.07, 6.45) is 1.71. The third-order valence-corrected chi connectivity index (χ3v) is 4.51. The lowest BCUT2D eigenvalue weighted by Gasteiger charge is -2.11. The number of nitrogens with one attached hydrogen (secondary N) is 3. The summed E-state index contributed by atoms with van der Waals surface area (Å²) in [7, 11) is 0. The van der Waals surface area contributed by atoms with Gasteiger partial charge >= 0.3 is 6.03 Å². The number of carbonyl (C=O) groups excluding carboxylic acids is 3. The van der Waals surface area contributed by atoms with Gasteiger partial charge in [-0.1, -0.05) is 18.2 Å². The first kappa shape index (κ1) is 23.3. The number of hydrogen-bond acceptors (Lipinski definition) is 5. The van der Waals surface area contributed by atoms with Crippen LogP contribution in [-0.2, 0) is 11.4 Å². The second-order valence-corrected chi connectivity index (χ2v) is 7.26. The van der Waals surface area contributed by atoms with Crippen molar-refractivity contribution in [3.05, 3.63) is 83.7 Å². The van der Waals surface area contributed by atoms with Gasteiger partial charge in [0.25, 0.3) is 5.91 Å². The number of carbonyl (C=O) groups is 3. The predicted molar refractivity (Wildman–Crippen MR) is 125 cm³/mol. The Morgan fingerprint density at radius 3 is 2.45 bits per heavy atom. The highest BCUT2D eigenvalue weighted by atomic mass is 16.5. The molecule has 0 bridgehead atoms. The molecule has 0 atom stereocenters. The highest BCUT2D eigenvalue weighted by Gasteiger charge is 2.09. The van der Waals surface area contributed by atoms with Gasteiger partial charge in [-0.3, -0.25) is 14.6 Å². The van der Waals surface area contributed by atoms with E-state index < -0.39 is 11.9 Å². The molecule has 9 heteroatoms. The molecule has 0 saturated heterocycles. The quantitative estimate of drug-likeness (QED) is 0.399. The molecule has 3 rings (SSSR count). The molecule has 0 aliphatic rings. The van der Waals surface area contributed by atoms with Crippen LogP contribution in [0.1, 0.15) is 28.0 Å². The number of nitrogens with zero attached hydrogens (tertiary/aromatic N) is 1. The summed E-state index contributed by atoms with van der Waals surface area (Å²) in [4.78, 5) is 39.5. The standard InChI is InChI=1S/C24H25N5O4/c1-16-8-9-21(14-27-16)33-15-17-4-2-5-18(12-17)23(31)28-19-6-3-7-20(13-19)29-24(32)26-11-10-22(25)30/h2-9,12-14H,10-11,15H2,1H3,(H2,25,30)(H,28,31)(H2,26,29,32). The zero-order chi connectivity index (χ0) is 23.6. The Labute approximate surface area is 191 Å². The first-order chi connectivity index (χ1) is 15.9. The minimum Gasteiger partial charge on any atom is -0.487 e. The Kier molecular flexibility index (Phi) is 7.96. The highest BCUT2D eigenvalue weighted by Crippen LogP contribution is 2.17.